The molecule has 2 atom stereocenters. The Hall–Kier alpha value is -2.14. The van der Waals surface area contributed by atoms with Gasteiger partial charge in [0.05, 0.1) is 17.8 Å². The lowest BCUT2D eigenvalue weighted by Crippen LogP contribution is -2.32. The van der Waals surface area contributed by atoms with E-state index in [9.17, 15) is 23.1 Å². The second-order valence-corrected chi connectivity index (χ2v) is 8.38. The maximum absolute atomic E-state index is 12.3. The molecule has 2 fully saturated rings. The van der Waals surface area contributed by atoms with Gasteiger partial charge in [0.1, 0.15) is 12.4 Å². The number of alkyl halides is 3. The Morgan fingerprint density at radius 1 is 1.13 bits per heavy atom. The SMILES string of the molecule is NC(=O)c1cnc(NC2CCC(OCC(F)(F)F)CC2)nc1N[C@@H]1CCCC[C@@H](O)C1. The molecule has 0 aromatic carbocycles. The lowest BCUT2D eigenvalue weighted by Gasteiger charge is -2.29. The number of aromatic nitrogens is 2. The van der Waals surface area contributed by atoms with E-state index in [0.29, 0.717) is 43.9 Å². The maximum atomic E-state index is 12.3. The molecule has 11 heteroatoms. The van der Waals surface area contributed by atoms with Crippen molar-refractivity contribution in [2.24, 2.45) is 5.73 Å². The fourth-order valence-corrected chi connectivity index (χ4v) is 4.17. The monoisotopic (exact) mass is 445 g/mol. The van der Waals surface area contributed by atoms with Crippen LogP contribution in [0, 0.1) is 0 Å². The molecule has 31 heavy (non-hydrogen) atoms. The highest BCUT2D eigenvalue weighted by atomic mass is 19.4. The average Bonchev–Trinajstić information content (AvgIpc) is 2.90. The Labute approximate surface area is 179 Å². The Kier molecular flexibility index (Phi) is 7.93. The molecular weight excluding hydrogens is 415 g/mol. The second-order valence-electron chi connectivity index (χ2n) is 8.38. The third-order valence-electron chi connectivity index (χ3n) is 5.78. The van der Waals surface area contributed by atoms with E-state index in [-0.39, 0.29) is 17.6 Å². The number of nitrogens with two attached hydrogens (primary N) is 1. The minimum absolute atomic E-state index is 0.00211. The third kappa shape index (κ3) is 7.49. The standard InChI is InChI=1S/C20H30F3N5O3/c21-20(22,23)11-31-15-7-5-12(6-8-15)27-19-25-10-16(17(24)30)18(28-19)26-13-3-1-2-4-14(29)9-13/h10,12-15,29H,1-9,11H2,(H2,24,30)(H2,25,26,27,28)/t12?,13-,14-,15?/m1/s1. The minimum atomic E-state index is -4.32. The Morgan fingerprint density at radius 2 is 1.84 bits per heavy atom. The Morgan fingerprint density at radius 3 is 2.52 bits per heavy atom. The lowest BCUT2D eigenvalue weighted by molar-refractivity contribution is -0.187. The van der Waals surface area contributed by atoms with Gasteiger partial charge >= 0.3 is 6.18 Å². The minimum Gasteiger partial charge on any atom is -0.393 e. The molecule has 1 heterocycles. The van der Waals surface area contributed by atoms with E-state index in [4.69, 9.17) is 10.5 Å². The van der Waals surface area contributed by atoms with Crippen molar-refractivity contribution in [2.75, 3.05) is 17.2 Å². The van der Waals surface area contributed by atoms with Gasteiger partial charge in [-0.05, 0) is 44.9 Å². The van der Waals surface area contributed by atoms with Gasteiger partial charge in [0.2, 0.25) is 5.95 Å². The van der Waals surface area contributed by atoms with Crippen LogP contribution in [0.1, 0.15) is 68.1 Å². The van der Waals surface area contributed by atoms with Crippen molar-refractivity contribution in [1.82, 2.24) is 9.97 Å². The number of anilines is 2. The second kappa shape index (κ2) is 10.4. The maximum Gasteiger partial charge on any atom is 0.411 e. The van der Waals surface area contributed by atoms with Crippen molar-refractivity contribution < 1.29 is 27.8 Å². The number of carbonyl (C=O) groups is 1. The molecule has 0 saturated heterocycles. The smallest absolute Gasteiger partial charge is 0.393 e. The van der Waals surface area contributed by atoms with Crippen molar-refractivity contribution in [3.8, 4) is 0 Å². The summed E-state index contributed by atoms with van der Waals surface area (Å²) in [5, 5.41) is 16.5. The van der Waals surface area contributed by atoms with Gasteiger partial charge in [-0.1, -0.05) is 12.8 Å². The number of aliphatic hydroxyl groups is 1. The number of carbonyl (C=O) groups excluding carboxylic acids is 1. The first kappa shape index (κ1) is 23.5. The first-order valence-electron chi connectivity index (χ1n) is 10.8. The van der Waals surface area contributed by atoms with E-state index in [1.54, 1.807) is 0 Å². The van der Waals surface area contributed by atoms with Crippen molar-refractivity contribution in [3.05, 3.63) is 11.8 Å². The molecule has 0 radical (unpaired) electrons. The van der Waals surface area contributed by atoms with Crippen LogP contribution in [0.3, 0.4) is 0 Å². The number of primary amides is 1. The van der Waals surface area contributed by atoms with Crippen LogP contribution < -0.4 is 16.4 Å². The van der Waals surface area contributed by atoms with E-state index in [1.165, 1.54) is 6.20 Å². The van der Waals surface area contributed by atoms with Crippen LogP contribution in [0.15, 0.2) is 6.20 Å². The molecule has 1 aromatic heterocycles. The van der Waals surface area contributed by atoms with Crippen LogP contribution in [-0.4, -0.2) is 58.1 Å². The summed E-state index contributed by atoms with van der Waals surface area (Å²) in [5.41, 5.74) is 5.64. The summed E-state index contributed by atoms with van der Waals surface area (Å²) in [5.74, 6) is -0.00170. The summed E-state index contributed by atoms with van der Waals surface area (Å²) in [6.07, 6.45) is 2.61. The molecule has 2 aliphatic rings. The first-order chi connectivity index (χ1) is 14.7. The van der Waals surface area contributed by atoms with Crippen LogP contribution >= 0.6 is 0 Å². The molecule has 1 amide bonds. The molecule has 3 rings (SSSR count). The zero-order valence-corrected chi connectivity index (χ0v) is 17.3. The summed E-state index contributed by atoms with van der Waals surface area (Å²) in [4.78, 5) is 20.4. The number of hydrogen-bond acceptors (Lipinski definition) is 7. The van der Waals surface area contributed by atoms with Gasteiger partial charge in [-0.3, -0.25) is 4.79 Å². The lowest BCUT2D eigenvalue weighted by atomic mass is 9.93. The van der Waals surface area contributed by atoms with Crippen LogP contribution in [0.5, 0.6) is 0 Å². The van der Waals surface area contributed by atoms with E-state index in [0.717, 1.165) is 25.7 Å². The predicted octanol–water partition coefficient (Wildman–Crippen LogP) is 2.98. The van der Waals surface area contributed by atoms with Crippen LogP contribution in [0.25, 0.3) is 0 Å². The molecule has 5 N–H and O–H groups in total. The molecular formula is C20H30F3N5O3. The van der Waals surface area contributed by atoms with Crippen LogP contribution in [0.4, 0.5) is 24.9 Å². The number of nitrogens with one attached hydrogen (secondary N) is 2. The van der Waals surface area contributed by atoms with Crippen molar-refractivity contribution >= 4 is 17.7 Å². The number of halogens is 3. The molecule has 0 spiro atoms. The van der Waals surface area contributed by atoms with Gasteiger partial charge in [0, 0.05) is 18.3 Å². The fourth-order valence-electron chi connectivity index (χ4n) is 4.17. The average molecular weight is 445 g/mol. The number of hydrogen-bond donors (Lipinski definition) is 4. The fraction of sp³-hybridized carbons (Fsp3) is 0.750. The zero-order valence-electron chi connectivity index (χ0n) is 17.3. The quantitative estimate of drug-likeness (QED) is 0.476. The Balaban J connectivity index is 1.59. The highest BCUT2D eigenvalue weighted by Gasteiger charge is 2.31. The van der Waals surface area contributed by atoms with E-state index >= 15 is 0 Å². The number of nitrogens with zero attached hydrogens (tertiary/aromatic N) is 2. The number of aliphatic hydroxyl groups excluding tert-OH is 1. The summed E-state index contributed by atoms with van der Waals surface area (Å²) in [6.45, 7) is -1.22. The normalized spacial score (nSPS) is 27.4. The highest BCUT2D eigenvalue weighted by Crippen LogP contribution is 2.27. The molecule has 8 nitrogen and oxygen atoms in total. The summed E-state index contributed by atoms with van der Waals surface area (Å²) in [7, 11) is 0. The van der Waals surface area contributed by atoms with Gasteiger partial charge in [-0.25, -0.2) is 4.98 Å². The third-order valence-corrected chi connectivity index (χ3v) is 5.78. The molecule has 2 saturated carbocycles. The first-order valence-corrected chi connectivity index (χ1v) is 10.8. The van der Waals surface area contributed by atoms with Crippen LogP contribution in [-0.2, 0) is 4.74 Å². The largest absolute Gasteiger partial charge is 0.411 e. The van der Waals surface area contributed by atoms with Gasteiger partial charge in [0.25, 0.3) is 5.91 Å². The highest BCUT2D eigenvalue weighted by molar-refractivity contribution is 5.97. The summed E-state index contributed by atoms with van der Waals surface area (Å²) >= 11 is 0. The molecule has 0 unspecified atom stereocenters. The Bertz CT molecular complexity index is 741. The van der Waals surface area contributed by atoms with Crippen molar-refractivity contribution in [3.63, 3.8) is 0 Å². The summed E-state index contributed by atoms with van der Waals surface area (Å²) in [6, 6.07) is -0.0303. The molecule has 174 valence electrons. The van der Waals surface area contributed by atoms with E-state index in [1.807, 2.05) is 0 Å². The molecule has 2 aliphatic carbocycles. The zero-order chi connectivity index (χ0) is 22.4. The molecule has 0 aliphatic heterocycles. The van der Waals surface area contributed by atoms with Gasteiger partial charge < -0.3 is 26.2 Å². The van der Waals surface area contributed by atoms with Gasteiger partial charge in [-0.15, -0.1) is 0 Å². The van der Waals surface area contributed by atoms with E-state index in [2.05, 4.69) is 20.6 Å². The van der Waals surface area contributed by atoms with Gasteiger partial charge in [-0.2, -0.15) is 18.2 Å². The molecule has 0 bridgehead atoms. The predicted molar refractivity (Wildman–Crippen MR) is 109 cm³/mol. The molecule has 1 aromatic rings. The topological polar surface area (TPSA) is 122 Å². The number of rotatable bonds is 7. The van der Waals surface area contributed by atoms with Crippen LogP contribution in [0.2, 0.25) is 0 Å². The van der Waals surface area contributed by atoms with Crippen molar-refractivity contribution in [1.29, 1.82) is 0 Å². The van der Waals surface area contributed by atoms with Gasteiger partial charge in [0.15, 0.2) is 0 Å². The number of amides is 1. The van der Waals surface area contributed by atoms with Crippen molar-refractivity contribution in [2.45, 2.75) is 88.3 Å². The number of ether oxygens (including phenoxy) is 1. The van der Waals surface area contributed by atoms with E-state index < -0.39 is 30.9 Å². The summed E-state index contributed by atoms with van der Waals surface area (Å²) < 4.78 is 41.9.